The van der Waals surface area contributed by atoms with Crippen LogP contribution in [-0.4, -0.2) is 38.7 Å². The number of fused-ring (bicyclic) bond motifs is 1. The van der Waals surface area contributed by atoms with Crippen molar-refractivity contribution in [1.29, 1.82) is 0 Å². The number of carbonyl (C=O) groups excluding carboxylic acids is 1. The number of nitrogens with one attached hydrogen (secondary N) is 1. The van der Waals surface area contributed by atoms with Gasteiger partial charge in [-0.05, 0) is 11.4 Å². The standard InChI is InChI=1S/C11H11N3O3S2/c1-6(15)14-8(11(16)17)4-19-10-9-7(2-3-18-9)12-5-13-10/h2-3,5,8H,4H2,1H3,(H,14,15)(H,16,17)/t8-/m0/s1. The summed E-state index contributed by atoms with van der Waals surface area (Å²) in [5.74, 6) is -1.20. The van der Waals surface area contributed by atoms with E-state index in [1.165, 1.54) is 36.3 Å². The molecule has 2 N–H and O–H groups in total. The number of hydrogen-bond donors (Lipinski definition) is 2. The summed E-state index contributed by atoms with van der Waals surface area (Å²) in [7, 11) is 0. The van der Waals surface area contributed by atoms with Gasteiger partial charge in [-0.25, -0.2) is 14.8 Å². The first-order valence-electron chi connectivity index (χ1n) is 5.39. The number of hydrogen-bond acceptors (Lipinski definition) is 6. The molecular formula is C11H11N3O3S2. The minimum Gasteiger partial charge on any atom is -0.480 e. The second kappa shape index (κ2) is 5.98. The van der Waals surface area contributed by atoms with Gasteiger partial charge in [0.1, 0.15) is 17.4 Å². The highest BCUT2D eigenvalue weighted by Gasteiger charge is 2.19. The highest BCUT2D eigenvalue weighted by molar-refractivity contribution is 7.99. The van der Waals surface area contributed by atoms with Gasteiger partial charge in [-0.2, -0.15) is 0 Å². The Balaban J connectivity index is 2.10. The van der Waals surface area contributed by atoms with Crippen LogP contribution >= 0.6 is 23.1 Å². The lowest BCUT2D eigenvalue weighted by atomic mass is 10.3. The topological polar surface area (TPSA) is 92.2 Å². The number of thiophene rings is 1. The van der Waals surface area contributed by atoms with Gasteiger partial charge in [-0.1, -0.05) is 0 Å². The second-order valence-electron chi connectivity index (χ2n) is 3.72. The first-order valence-corrected chi connectivity index (χ1v) is 7.25. The van der Waals surface area contributed by atoms with Gasteiger partial charge in [0, 0.05) is 12.7 Å². The molecule has 0 saturated heterocycles. The van der Waals surface area contributed by atoms with Crippen LogP contribution in [0.15, 0.2) is 22.8 Å². The molecule has 0 bridgehead atoms. The maximum atomic E-state index is 11.0. The molecule has 2 aromatic heterocycles. The summed E-state index contributed by atoms with van der Waals surface area (Å²) in [5.41, 5.74) is 0.842. The number of carboxylic acids is 1. The molecule has 2 heterocycles. The van der Waals surface area contributed by atoms with Crippen molar-refractivity contribution >= 4 is 45.2 Å². The van der Waals surface area contributed by atoms with Gasteiger partial charge in [0.05, 0.1) is 10.2 Å². The van der Waals surface area contributed by atoms with E-state index in [0.29, 0.717) is 0 Å². The number of carbonyl (C=O) groups is 2. The maximum Gasteiger partial charge on any atom is 0.327 e. The van der Waals surface area contributed by atoms with Crippen LogP contribution < -0.4 is 5.32 Å². The molecule has 0 aliphatic rings. The van der Waals surface area contributed by atoms with E-state index < -0.39 is 12.0 Å². The number of nitrogens with zero attached hydrogens (tertiary/aromatic N) is 2. The molecule has 2 aromatic rings. The Kier molecular flexibility index (Phi) is 4.33. The van der Waals surface area contributed by atoms with E-state index >= 15 is 0 Å². The Labute approximate surface area is 117 Å². The Hall–Kier alpha value is -1.67. The number of carboxylic acid groups (broad SMARTS) is 1. The van der Waals surface area contributed by atoms with Gasteiger partial charge < -0.3 is 10.4 Å². The fraction of sp³-hybridized carbons (Fsp3) is 0.273. The maximum absolute atomic E-state index is 11.0. The van der Waals surface area contributed by atoms with E-state index in [0.717, 1.165) is 15.2 Å². The SMILES string of the molecule is CC(=O)N[C@@H](CSc1ncnc2ccsc12)C(=O)O. The fourth-order valence-electron chi connectivity index (χ4n) is 1.45. The summed E-state index contributed by atoms with van der Waals surface area (Å²) in [6, 6.07) is 0.960. The zero-order chi connectivity index (χ0) is 13.8. The average molecular weight is 297 g/mol. The van der Waals surface area contributed by atoms with Crippen molar-refractivity contribution in [3.63, 3.8) is 0 Å². The number of thioether (sulfide) groups is 1. The van der Waals surface area contributed by atoms with E-state index in [1.807, 2.05) is 11.4 Å². The van der Waals surface area contributed by atoms with Crippen molar-refractivity contribution in [2.45, 2.75) is 18.0 Å². The van der Waals surface area contributed by atoms with Crippen LogP contribution in [0.2, 0.25) is 0 Å². The Morgan fingerprint density at radius 3 is 3.00 bits per heavy atom. The van der Waals surface area contributed by atoms with Crippen LogP contribution in [-0.2, 0) is 9.59 Å². The Morgan fingerprint density at radius 1 is 1.53 bits per heavy atom. The van der Waals surface area contributed by atoms with Crippen molar-refractivity contribution in [2.75, 3.05) is 5.75 Å². The fourth-order valence-corrected chi connectivity index (χ4v) is 3.41. The molecule has 0 unspecified atom stereocenters. The van der Waals surface area contributed by atoms with Crippen LogP contribution in [0.25, 0.3) is 10.2 Å². The first kappa shape index (κ1) is 13.8. The zero-order valence-corrected chi connectivity index (χ0v) is 11.6. The molecule has 100 valence electrons. The molecule has 0 aliphatic heterocycles. The highest BCUT2D eigenvalue weighted by atomic mass is 32.2. The summed E-state index contributed by atoms with van der Waals surface area (Å²) in [6.45, 7) is 1.29. The number of amides is 1. The lowest BCUT2D eigenvalue weighted by molar-refractivity contribution is -0.140. The van der Waals surface area contributed by atoms with Crippen LogP contribution in [0.3, 0.4) is 0 Å². The minimum absolute atomic E-state index is 0.221. The van der Waals surface area contributed by atoms with E-state index in [4.69, 9.17) is 5.11 Å². The van der Waals surface area contributed by atoms with Crippen molar-refractivity contribution in [3.8, 4) is 0 Å². The highest BCUT2D eigenvalue weighted by Crippen LogP contribution is 2.28. The third kappa shape index (κ3) is 3.42. The molecule has 19 heavy (non-hydrogen) atoms. The smallest absolute Gasteiger partial charge is 0.327 e. The Bertz CT molecular complexity index is 614. The molecule has 1 amide bonds. The van der Waals surface area contributed by atoms with Gasteiger partial charge in [0.15, 0.2) is 0 Å². The average Bonchev–Trinajstić information content (AvgIpc) is 2.82. The second-order valence-corrected chi connectivity index (χ2v) is 5.64. The third-order valence-corrected chi connectivity index (χ3v) is 4.40. The number of aliphatic carboxylic acids is 1. The van der Waals surface area contributed by atoms with Crippen LogP contribution in [0.5, 0.6) is 0 Å². The molecular weight excluding hydrogens is 286 g/mol. The van der Waals surface area contributed by atoms with Crippen molar-refractivity contribution < 1.29 is 14.7 Å². The van der Waals surface area contributed by atoms with Crippen molar-refractivity contribution in [2.24, 2.45) is 0 Å². The molecule has 8 heteroatoms. The molecule has 0 saturated carbocycles. The summed E-state index contributed by atoms with van der Waals surface area (Å²) in [4.78, 5) is 30.2. The van der Waals surface area contributed by atoms with Gasteiger partial charge in [-0.15, -0.1) is 23.1 Å². The molecule has 0 fully saturated rings. The van der Waals surface area contributed by atoms with E-state index in [-0.39, 0.29) is 11.7 Å². The first-order chi connectivity index (χ1) is 9.08. The lowest BCUT2D eigenvalue weighted by Gasteiger charge is -2.12. The van der Waals surface area contributed by atoms with Crippen molar-refractivity contribution in [1.82, 2.24) is 15.3 Å². The summed E-state index contributed by atoms with van der Waals surface area (Å²) in [5, 5.41) is 14.0. The predicted octanol–water partition coefficient (Wildman–Crippen LogP) is 1.37. The Morgan fingerprint density at radius 2 is 2.32 bits per heavy atom. The largest absolute Gasteiger partial charge is 0.480 e. The van der Waals surface area contributed by atoms with Crippen LogP contribution in [0.4, 0.5) is 0 Å². The molecule has 1 atom stereocenters. The third-order valence-electron chi connectivity index (χ3n) is 2.27. The normalized spacial score (nSPS) is 12.3. The van der Waals surface area contributed by atoms with Gasteiger partial charge >= 0.3 is 5.97 Å². The summed E-state index contributed by atoms with van der Waals surface area (Å²) < 4.78 is 0.930. The molecule has 0 aliphatic carbocycles. The molecule has 0 spiro atoms. The van der Waals surface area contributed by atoms with Crippen molar-refractivity contribution in [3.05, 3.63) is 17.8 Å². The molecule has 2 rings (SSSR count). The van der Waals surface area contributed by atoms with Gasteiger partial charge in [0.25, 0.3) is 0 Å². The van der Waals surface area contributed by atoms with Gasteiger partial charge in [0.2, 0.25) is 5.91 Å². The summed E-state index contributed by atoms with van der Waals surface area (Å²) >= 11 is 2.80. The number of rotatable bonds is 5. The van der Waals surface area contributed by atoms with E-state index in [2.05, 4.69) is 15.3 Å². The quantitative estimate of drug-likeness (QED) is 0.639. The van der Waals surface area contributed by atoms with Crippen LogP contribution in [0.1, 0.15) is 6.92 Å². The molecule has 0 radical (unpaired) electrons. The number of aromatic nitrogens is 2. The molecule has 0 aromatic carbocycles. The monoisotopic (exact) mass is 297 g/mol. The van der Waals surface area contributed by atoms with E-state index in [9.17, 15) is 9.59 Å². The zero-order valence-electron chi connectivity index (χ0n) is 9.99. The van der Waals surface area contributed by atoms with Crippen LogP contribution in [0, 0.1) is 0 Å². The molecule has 6 nitrogen and oxygen atoms in total. The summed E-state index contributed by atoms with van der Waals surface area (Å²) in [6.07, 6.45) is 1.45. The van der Waals surface area contributed by atoms with Gasteiger partial charge in [-0.3, -0.25) is 4.79 Å². The van der Waals surface area contributed by atoms with E-state index in [1.54, 1.807) is 0 Å². The minimum atomic E-state index is -1.06. The lowest BCUT2D eigenvalue weighted by Crippen LogP contribution is -2.41. The predicted molar refractivity (Wildman–Crippen MR) is 73.4 cm³/mol.